The molecule has 4 nitrogen and oxygen atoms in total. The number of aromatic amines is 1. The zero-order valence-corrected chi connectivity index (χ0v) is 11.0. The second kappa shape index (κ2) is 5.18. The predicted octanol–water partition coefficient (Wildman–Crippen LogP) is 2.27. The predicted molar refractivity (Wildman–Crippen MR) is 71.9 cm³/mol. The highest BCUT2D eigenvalue weighted by molar-refractivity contribution is 7.10. The van der Waals surface area contributed by atoms with E-state index in [1.165, 1.54) is 6.20 Å². The SMILES string of the molecule is C[C@@H](c1cccs1)N(C)C(=O)c1ccc[nH]c1=O. The topological polar surface area (TPSA) is 53.2 Å². The van der Waals surface area contributed by atoms with Crippen molar-refractivity contribution in [3.8, 4) is 0 Å². The van der Waals surface area contributed by atoms with Gasteiger partial charge in [-0.3, -0.25) is 9.59 Å². The van der Waals surface area contributed by atoms with Crippen molar-refractivity contribution in [2.24, 2.45) is 0 Å². The summed E-state index contributed by atoms with van der Waals surface area (Å²) >= 11 is 1.60. The lowest BCUT2D eigenvalue weighted by Gasteiger charge is -2.23. The maximum absolute atomic E-state index is 12.2. The van der Waals surface area contributed by atoms with E-state index in [1.807, 2.05) is 24.4 Å². The molecule has 1 amide bonds. The fourth-order valence-electron chi connectivity index (χ4n) is 1.68. The fraction of sp³-hybridized carbons (Fsp3) is 0.231. The molecule has 0 fully saturated rings. The smallest absolute Gasteiger partial charge is 0.260 e. The Bertz CT molecular complexity index is 589. The quantitative estimate of drug-likeness (QED) is 0.922. The van der Waals surface area contributed by atoms with Crippen LogP contribution in [-0.2, 0) is 0 Å². The Morgan fingerprint density at radius 3 is 2.78 bits per heavy atom. The Balaban J connectivity index is 2.25. The molecule has 0 spiro atoms. The van der Waals surface area contributed by atoms with Crippen molar-refractivity contribution in [1.82, 2.24) is 9.88 Å². The van der Waals surface area contributed by atoms with E-state index in [9.17, 15) is 9.59 Å². The van der Waals surface area contributed by atoms with E-state index in [4.69, 9.17) is 0 Å². The second-order valence-electron chi connectivity index (χ2n) is 4.02. The van der Waals surface area contributed by atoms with Crippen molar-refractivity contribution in [2.75, 3.05) is 7.05 Å². The fourth-order valence-corrected chi connectivity index (χ4v) is 2.50. The highest BCUT2D eigenvalue weighted by atomic mass is 32.1. The van der Waals surface area contributed by atoms with Crippen LogP contribution in [0.4, 0.5) is 0 Å². The molecule has 0 unspecified atom stereocenters. The number of nitrogens with one attached hydrogen (secondary N) is 1. The first-order chi connectivity index (χ1) is 8.61. The van der Waals surface area contributed by atoms with Gasteiger partial charge in [-0.2, -0.15) is 0 Å². The third-order valence-corrected chi connectivity index (χ3v) is 3.95. The van der Waals surface area contributed by atoms with E-state index in [1.54, 1.807) is 35.4 Å². The van der Waals surface area contributed by atoms with E-state index in [2.05, 4.69) is 4.98 Å². The minimum atomic E-state index is -0.354. The first-order valence-electron chi connectivity index (χ1n) is 5.59. The van der Waals surface area contributed by atoms with Crippen LogP contribution in [0.5, 0.6) is 0 Å². The third-order valence-electron chi connectivity index (χ3n) is 2.90. The Kier molecular flexibility index (Phi) is 3.62. The van der Waals surface area contributed by atoms with Crippen LogP contribution in [0, 0.1) is 0 Å². The zero-order valence-electron chi connectivity index (χ0n) is 10.2. The summed E-state index contributed by atoms with van der Waals surface area (Å²) in [7, 11) is 1.71. The van der Waals surface area contributed by atoms with Gasteiger partial charge >= 0.3 is 0 Å². The molecule has 18 heavy (non-hydrogen) atoms. The van der Waals surface area contributed by atoms with Crippen molar-refractivity contribution in [1.29, 1.82) is 0 Å². The van der Waals surface area contributed by atoms with Gasteiger partial charge in [-0.15, -0.1) is 11.3 Å². The summed E-state index contributed by atoms with van der Waals surface area (Å²) < 4.78 is 0. The minimum absolute atomic E-state index is 0.0443. The number of pyridine rings is 1. The van der Waals surface area contributed by atoms with E-state index < -0.39 is 0 Å². The molecule has 1 atom stereocenters. The van der Waals surface area contributed by atoms with Gasteiger partial charge < -0.3 is 9.88 Å². The molecule has 2 aromatic heterocycles. The number of aromatic nitrogens is 1. The summed E-state index contributed by atoms with van der Waals surface area (Å²) in [5, 5.41) is 1.97. The van der Waals surface area contributed by atoms with Crippen molar-refractivity contribution in [2.45, 2.75) is 13.0 Å². The van der Waals surface area contributed by atoms with Crippen molar-refractivity contribution < 1.29 is 4.79 Å². The number of hydrogen-bond acceptors (Lipinski definition) is 3. The highest BCUT2D eigenvalue weighted by Gasteiger charge is 2.21. The van der Waals surface area contributed by atoms with Gasteiger partial charge in [-0.25, -0.2) is 0 Å². The van der Waals surface area contributed by atoms with E-state index in [0.29, 0.717) is 0 Å². The number of carbonyl (C=O) groups is 1. The average Bonchev–Trinajstić information content (AvgIpc) is 2.90. The van der Waals surface area contributed by atoms with Gasteiger partial charge in [0.05, 0.1) is 6.04 Å². The molecule has 0 aliphatic carbocycles. The molecule has 0 aliphatic heterocycles. The molecule has 0 aliphatic rings. The molecule has 5 heteroatoms. The van der Waals surface area contributed by atoms with Gasteiger partial charge in [0.25, 0.3) is 11.5 Å². The normalized spacial score (nSPS) is 12.1. The average molecular weight is 262 g/mol. The maximum atomic E-state index is 12.2. The standard InChI is InChI=1S/C13H14N2O2S/c1-9(11-6-4-8-18-11)15(2)13(17)10-5-3-7-14-12(10)16/h3-9H,1-2H3,(H,14,16)/t9-/m0/s1. The van der Waals surface area contributed by atoms with Crippen LogP contribution in [0.1, 0.15) is 28.2 Å². The minimum Gasteiger partial charge on any atom is -0.334 e. The van der Waals surface area contributed by atoms with Crippen LogP contribution < -0.4 is 5.56 Å². The van der Waals surface area contributed by atoms with Crippen molar-refractivity contribution >= 4 is 17.2 Å². The monoisotopic (exact) mass is 262 g/mol. The Labute approximate surface area is 109 Å². The summed E-state index contributed by atoms with van der Waals surface area (Å²) in [6.45, 7) is 1.95. The molecule has 0 aromatic carbocycles. The van der Waals surface area contributed by atoms with Gasteiger partial charge in [-0.1, -0.05) is 6.07 Å². The summed E-state index contributed by atoms with van der Waals surface area (Å²) in [5.74, 6) is -0.266. The van der Waals surface area contributed by atoms with E-state index >= 15 is 0 Å². The van der Waals surface area contributed by atoms with Crippen LogP contribution in [-0.4, -0.2) is 22.8 Å². The molecule has 2 aromatic rings. The first kappa shape index (κ1) is 12.6. The zero-order chi connectivity index (χ0) is 13.1. The van der Waals surface area contributed by atoms with Crippen molar-refractivity contribution in [3.05, 3.63) is 56.6 Å². The molecular weight excluding hydrogens is 248 g/mol. The summed E-state index contributed by atoms with van der Waals surface area (Å²) in [6, 6.07) is 7.08. The van der Waals surface area contributed by atoms with Crippen LogP contribution in [0.15, 0.2) is 40.6 Å². The number of carbonyl (C=O) groups excluding carboxylic acids is 1. The van der Waals surface area contributed by atoms with Gasteiger partial charge in [-0.05, 0) is 30.5 Å². The maximum Gasteiger partial charge on any atom is 0.260 e. The summed E-state index contributed by atoms with van der Waals surface area (Å²) in [4.78, 5) is 29.0. The lowest BCUT2D eigenvalue weighted by atomic mass is 10.2. The molecule has 1 N–H and O–H groups in total. The van der Waals surface area contributed by atoms with Crippen molar-refractivity contribution in [3.63, 3.8) is 0 Å². The molecular formula is C13H14N2O2S. The molecule has 0 saturated carbocycles. The number of H-pyrrole nitrogens is 1. The largest absolute Gasteiger partial charge is 0.334 e. The van der Waals surface area contributed by atoms with Gasteiger partial charge in [0.15, 0.2) is 0 Å². The summed E-state index contributed by atoms with van der Waals surface area (Å²) in [5.41, 5.74) is -0.184. The highest BCUT2D eigenvalue weighted by Crippen LogP contribution is 2.24. The number of rotatable bonds is 3. The number of hydrogen-bond donors (Lipinski definition) is 1. The number of thiophene rings is 1. The lowest BCUT2D eigenvalue weighted by molar-refractivity contribution is 0.0743. The molecule has 2 rings (SSSR count). The molecule has 2 heterocycles. The van der Waals surface area contributed by atoms with E-state index in [0.717, 1.165) is 4.88 Å². The second-order valence-corrected chi connectivity index (χ2v) is 5.00. The van der Waals surface area contributed by atoms with Crippen LogP contribution in [0.3, 0.4) is 0 Å². The molecule has 94 valence electrons. The third kappa shape index (κ3) is 2.36. The Morgan fingerprint density at radius 1 is 1.39 bits per heavy atom. The Hall–Kier alpha value is -1.88. The molecule has 0 bridgehead atoms. The Morgan fingerprint density at radius 2 is 2.17 bits per heavy atom. The summed E-state index contributed by atoms with van der Waals surface area (Å²) in [6.07, 6.45) is 1.52. The van der Waals surface area contributed by atoms with Crippen LogP contribution in [0.2, 0.25) is 0 Å². The van der Waals surface area contributed by atoms with Crippen LogP contribution >= 0.6 is 11.3 Å². The van der Waals surface area contributed by atoms with E-state index in [-0.39, 0.29) is 23.1 Å². The van der Waals surface area contributed by atoms with Gasteiger partial charge in [0.2, 0.25) is 0 Å². The van der Waals surface area contributed by atoms with Gasteiger partial charge in [0, 0.05) is 18.1 Å². The van der Waals surface area contributed by atoms with Gasteiger partial charge in [0.1, 0.15) is 5.56 Å². The number of amides is 1. The lowest BCUT2D eigenvalue weighted by Crippen LogP contribution is -2.33. The molecule has 0 saturated heterocycles. The number of nitrogens with zero attached hydrogens (tertiary/aromatic N) is 1. The first-order valence-corrected chi connectivity index (χ1v) is 6.47. The van der Waals surface area contributed by atoms with Crippen LogP contribution in [0.25, 0.3) is 0 Å². The molecule has 0 radical (unpaired) electrons.